The number of aliphatic imine (C=N–C) groups is 1. The summed E-state index contributed by atoms with van der Waals surface area (Å²) in [5.41, 5.74) is 4.25. The predicted molar refractivity (Wildman–Crippen MR) is 133 cm³/mol. The minimum Gasteiger partial charge on any atom is -0.331 e. The first-order chi connectivity index (χ1) is 15.8. The zero-order chi connectivity index (χ0) is 21.8. The van der Waals surface area contributed by atoms with Crippen molar-refractivity contribution in [1.82, 2.24) is 10.2 Å². The highest BCUT2D eigenvalue weighted by Gasteiger charge is 2.39. The van der Waals surface area contributed by atoms with E-state index >= 15 is 0 Å². The third kappa shape index (κ3) is 4.44. The van der Waals surface area contributed by atoms with Gasteiger partial charge in [0.2, 0.25) is 6.71 Å². The Morgan fingerprint density at radius 3 is 2.47 bits per heavy atom. The van der Waals surface area contributed by atoms with Crippen molar-refractivity contribution in [3.63, 3.8) is 0 Å². The first kappa shape index (κ1) is 21.2. The molecule has 164 valence electrons. The van der Waals surface area contributed by atoms with Gasteiger partial charge in [0.05, 0.1) is 0 Å². The fourth-order valence-corrected chi connectivity index (χ4v) is 5.66. The zero-order valence-corrected chi connectivity index (χ0v) is 18.7. The van der Waals surface area contributed by atoms with Crippen molar-refractivity contribution in [3.05, 3.63) is 77.5 Å². The number of carbonyl (C=O) groups excluding carboxylic acids is 1. The van der Waals surface area contributed by atoms with Gasteiger partial charge in [-0.05, 0) is 29.1 Å². The molecule has 32 heavy (non-hydrogen) atoms. The molecule has 3 aliphatic rings. The van der Waals surface area contributed by atoms with E-state index in [0.29, 0.717) is 11.5 Å². The lowest BCUT2D eigenvalue weighted by Crippen LogP contribution is -2.54. The van der Waals surface area contributed by atoms with E-state index in [1.807, 2.05) is 12.1 Å². The minimum atomic E-state index is 0.0980. The molecule has 2 aromatic rings. The van der Waals surface area contributed by atoms with Crippen LogP contribution in [0.1, 0.15) is 43.2 Å². The molecule has 5 heteroatoms. The maximum Gasteiger partial charge on any atom is 0.272 e. The van der Waals surface area contributed by atoms with Crippen molar-refractivity contribution >= 4 is 24.2 Å². The number of benzene rings is 2. The van der Waals surface area contributed by atoms with Crippen LogP contribution in [-0.4, -0.2) is 49.3 Å². The molecule has 1 N–H and O–H groups in total. The topological polar surface area (TPSA) is 44.7 Å². The molecule has 5 rings (SSSR count). The van der Waals surface area contributed by atoms with Crippen molar-refractivity contribution in [2.24, 2.45) is 4.99 Å². The van der Waals surface area contributed by atoms with Crippen molar-refractivity contribution < 1.29 is 4.79 Å². The maximum atomic E-state index is 13.9. The average Bonchev–Trinajstić information content (AvgIpc) is 3.31. The monoisotopic (exact) mass is 425 g/mol. The number of rotatable bonds is 5. The molecule has 1 aliphatic carbocycles. The normalized spacial score (nSPS) is 21.9. The van der Waals surface area contributed by atoms with Crippen LogP contribution in [0.15, 0.2) is 71.4 Å². The van der Waals surface area contributed by atoms with Gasteiger partial charge in [-0.15, -0.1) is 0 Å². The second kappa shape index (κ2) is 9.87. The Labute approximate surface area is 191 Å². The summed E-state index contributed by atoms with van der Waals surface area (Å²) >= 11 is 0. The summed E-state index contributed by atoms with van der Waals surface area (Å²) in [5.74, 6) is 0.692. The van der Waals surface area contributed by atoms with Crippen molar-refractivity contribution in [2.75, 3.05) is 19.6 Å². The van der Waals surface area contributed by atoms with Crippen molar-refractivity contribution in [3.8, 4) is 0 Å². The van der Waals surface area contributed by atoms with Crippen LogP contribution in [0.4, 0.5) is 0 Å². The summed E-state index contributed by atoms with van der Waals surface area (Å²) in [4.78, 5) is 20.8. The van der Waals surface area contributed by atoms with Crippen LogP contribution < -0.4 is 5.32 Å². The Kier molecular flexibility index (Phi) is 6.54. The lowest BCUT2D eigenvalue weighted by Gasteiger charge is -2.36. The molecular formula is C27H32BN3O. The molecule has 0 unspecified atom stereocenters. The Morgan fingerprint density at radius 1 is 1.00 bits per heavy atom. The SMILES string of the molecule is O=C(C1=C(c2ccccc2)B(C2CCCCC2)C=N1)N1CCNC[C@H]1Cc1ccccc1. The van der Waals surface area contributed by atoms with Gasteiger partial charge in [0.15, 0.2) is 0 Å². The van der Waals surface area contributed by atoms with Crippen LogP contribution in [-0.2, 0) is 11.2 Å². The second-order valence-electron chi connectivity index (χ2n) is 9.38. The summed E-state index contributed by atoms with van der Waals surface area (Å²) in [7, 11) is 0. The molecule has 0 spiro atoms. The van der Waals surface area contributed by atoms with Gasteiger partial charge in [-0.25, -0.2) is 0 Å². The Balaban J connectivity index is 1.46. The molecule has 0 bridgehead atoms. The molecule has 1 saturated heterocycles. The fourth-order valence-electron chi connectivity index (χ4n) is 5.66. The van der Waals surface area contributed by atoms with E-state index in [2.05, 4.69) is 64.9 Å². The highest BCUT2D eigenvalue weighted by molar-refractivity contribution is 7.02. The smallest absolute Gasteiger partial charge is 0.272 e. The van der Waals surface area contributed by atoms with Crippen LogP contribution in [0.5, 0.6) is 0 Å². The lowest BCUT2D eigenvalue weighted by molar-refractivity contribution is -0.130. The molecule has 2 aliphatic heterocycles. The van der Waals surface area contributed by atoms with E-state index in [9.17, 15) is 4.79 Å². The van der Waals surface area contributed by atoms with Gasteiger partial charge in [0.25, 0.3) is 5.91 Å². The largest absolute Gasteiger partial charge is 0.331 e. The summed E-state index contributed by atoms with van der Waals surface area (Å²) < 4.78 is 0. The molecule has 2 heterocycles. The molecule has 0 radical (unpaired) electrons. The summed E-state index contributed by atoms with van der Waals surface area (Å²) in [6.07, 6.45) is 9.33. The maximum absolute atomic E-state index is 13.9. The molecule has 1 amide bonds. The lowest BCUT2D eigenvalue weighted by atomic mass is 9.35. The average molecular weight is 425 g/mol. The first-order valence-corrected chi connectivity index (χ1v) is 12.2. The number of amides is 1. The number of hydrogen-bond acceptors (Lipinski definition) is 3. The minimum absolute atomic E-state index is 0.0980. The van der Waals surface area contributed by atoms with Gasteiger partial charge in [0.1, 0.15) is 5.70 Å². The van der Waals surface area contributed by atoms with Crippen LogP contribution in [0, 0.1) is 0 Å². The number of nitrogens with zero attached hydrogens (tertiary/aromatic N) is 2. The summed E-state index contributed by atoms with van der Waals surface area (Å²) in [6, 6.07) is 21.1. The number of hydrogen-bond donors (Lipinski definition) is 1. The predicted octanol–water partition coefficient (Wildman–Crippen LogP) is 4.43. The number of nitrogens with one attached hydrogen (secondary N) is 1. The Bertz CT molecular complexity index is 982. The Hall–Kier alpha value is -2.66. The first-order valence-electron chi connectivity index (χ1n) is 12.2. The van der Waals surface area contributed by atoms with Crippen molar-refractivity contribution in [1.29, 1.82) is 0 Å². The molecule has 4 nitrogen and oxygen atoms in total. The zero-order valence-electron chi connectivity index (χ0n) is 18.7. The molecule has 2 fully saturated rings. The van der Waals surface area contributed by atoms with Crippen LogP contribution >= 0.6 is 0 Å². The van der Waals surface area contributed by atoms with Gasteiger partial charge in [0, 0.05) is 25.7 Å². The van der Waals surface area contributed by atoms with E-state index < -0.39 is 0 Å². The molecule has 1 saturated carbocycles. The van der Waals surface area contributed by atoms with Crippen LogP contribution in [0.2, 0.25) is 5.82 Å². The molecule has 1 atom stereocenters. The van der Waals surface area contributed by atoms with Gasteiger partial charge in [-0.3, -0.25) is 9.79 Å². The van der Waals surface area contributed by atoms with Gasteiger partial charge in [-0.1, -0.05) is 98.6 Å². The Morgan fingerprint density at radius 2 is 1.72 bits per heavy atom. The van der Waals surface area contributed by atoms with E-state index in [1.165, 1.54) is 37.7 Å². The van der Waals surface area contributed by atoms with Crippen LogP contribution in [0.25, 0.3) is 5.47 Å². The third-order valence-electron chi connectivity index (χ3n) is 7.32. The highest BCUT2D eigenvalue weighted by Crippen LogP contribution is 2.40. The van der Waals surface area contributed by atoms with E-state index in [1.54, 1.807) is 0 Å². The standard InChI is InChI=1S/C27H32BN3O/c32-27(31-17-16-29-19-24(31)18-21-10-4-1-5-11-21)26-25(22-12-6-2-7-13-22)28(20-30-26)23-14-8-3-9-15-23/h1-2,4-7,10-13,20,23-24,29H,3,8-9,14-19H2/t24-/m1/s1. The fraction of sp³-hybridized carbons (Fsp3) is 0.407. The molecule has 2 aromatic carbocycles. The third-order valence-corrected chi connectivity index (χ3v) is 7.32. The quantitative estimate of drug-likeness (QED) is 0.721. The summed E-state index contributed by atoms with van der Waals surface area (Å²) in [5, 5.41) is 3.49. The number of carbonyl (C=O) groups is 1. The second-order valence-corrected chi connectivity index (χ2v) is 9.38. The summed E-state index contributed by atoms with van der Waals surface area (Å²) in [6.45, 7) is 2.64. The van der Waals surface area contributed by atoms with E-state index in [-0.39, 0.29) is 18.7 Å². The highest BCUT2D eigenvalue weighted by atomic mass is 16.2. The molecular weight excluding hydrogens is 393 g/mol. The van der Waals surface area contributed by atoms with Crippen molar-refractivity contribution in [2.45, 2.75) is 50.4 Å². The van der Waals surface area contributed by atoms with Gasteiger partial charge < -0.3 is 10.2 Å². The van der Waals surface area contributed by atoms with E-state index in [4.69, 9.17) is 4.99 Å². The van der Waals surface area contributed by atoms with Gasteiger partial charge in [-0.2, -0.15) is 0 Å². The number of piperazine rings is 1. The van der Waals surface area contributed by atoms with Gasteiger partial charge >= 0.3 is 0 Å². The van der Waals surface area contributed by atoms with E-state index in [0.717, 1.165) is 37.1 Å². The molecule has 0 aromatic heterocycles. The van der Waals surface area contributed by atoms with Crippen LogP contribution in [0.3, 0.4) is 0 Å².